The second-order valence-corrected chi connectivity index (χ2v) is 3.85. The van der Waals surface area contributed by atoms with Crippen LogP contribution in [0.1, 0.15) is 39.5 Å². The fraction of sp³-hybridized carbons (Fsp3) is 0.778. The summed E-state index contributed by atoms with van der Waals surface area (Å²) in [5.41, 5.74) is 0.392. The number of nitrogens with zero attached hydrogens (tertiary/aromatic N) is 1. The molecule has 3 nitrogen and oxygen atoms in total. The average molecular weight is 169 g/mol. The highest BCUT2D eigenvalue weighted by Crippen LogP contribution is 2.37. The monoisotopic (exact) mass is 169 g/mol. The molecule has 0 aromatic rings. The number of Topliss-reactive ketones (excluding diaryl/α,β-unsaturated/α-hetero) is 1. The van der Waals surface area contributed by atoms with Gasteiger partial charge in [0.1, 0.15) is 5.78 Å². The van der Waals surface area contributed by atoms with E-state index in [0.717, 1.165) is 12.8 Å². The molecular weight excluding hydrogens is 154 g/mol. The maximum Gasteiger partial charge on any atom is 0.139 e. The zero-order valence-electron chi connectivity index (χ0n) is 7.63. The van der Waals surface area contributed by atoms with Gasteiger partial charge in [0.05, 0.1) is 5.71 Å². The Balaban J connectivity index is 2.66. The number of rotatable bonds is 2. The molecule has 0 bridgehead atoms. The van der Waals surface area contributed by atoms with Crippen LogP contribution in [0.2, 0.25) is 0 Å². The molecule has 1 fully saturated rings. The third-order valence-corrected chi connectivity index (χ3v) is 2.62. The lowest BCUT2D eigenvalue weighted by atomic mass is 9.82. The van der Waals surface area contributed by atoms with Gasteiger partial charge < -0.3 is 5.21 Å². The van der Waals surface area contributed by atoms with Gasteiger partial charge in [0.15, 0.2) is 0 Å². The summed E-state index contributed by atoms with van der Waals surface area (Å²) >= 11 is 0. The van der Waals surface area contributed by atoms with Crippen molar-refractivity contribution in [2.24, 2.45) is 10.6 Å². The van der Waals surface area contributed by atoms with Gasteiger partial charge in [-0.25, -0.2) is 0 Å². The largest absolute Gasteiger partial charge is 0.411 e. The molecule has 3 heteroatoms. The number of ketones is 1. The Kier molecular flexibility index (Phi) is 2.50. The molecule has 0 aliphatic heterocycles. The molecule has 1 N–H and O–H groups in total. The number of hydrogen-bond donors (Lipinski definition) is 1. The van der Waals surface area contributed by atoms with E-state index in [1.54, 1.807) is 6.92 Å². The van der Waals surface area contributed by atoms with Crippen LogP contribution in [0.4, 0.5) is 0 Å². The van der Waals surface area contributed by atoms with Crippen LogP contribution in [-0.4, -0.2) is 16.7 Å². The van der Waals surface area contributed by atoms with E-state index in [1.165, 1.54) is 0 Å². The lowest BCUT2D eigenvalue weighted by Gasteiger charge is -2.20. The summed E-state index contributed by atoms with van der Waals surface area (Å²) in [6.45, 7) is 3.70. The van der Waals surface area contributed by atoms with Crippen LogP contribution in [-0.2, 0) is 4.79 Å². The van der Waals surface area contributed by atoms with Crippen LogP contribution < -0.4 is 0 Å². The van der Waals surface area contributed by atoms with Crippen molar-refractivity contribution in [2.75, 3.05) is 0 Å². The first-order valence-corrected chi connectivity index (χ1v) is 4.29. The highest BCUT2D eigenvalue weighted by atomic mass is 16.4. The highest BCUT2D eigenvalue weighted by Gasteiger charge is 2.37. The Morgan fingerprint density at radius 1 is 1.75 bits per heavy atom. The van der Waals surface area contributed by atoms with Gasteiger partial charge in [-0.2, -0.15) is 0 Å². The summed E-state index contributed by atoms with van der Waals surface area (Å²) < 4.78 is 0. The van der Waals surface area contributed by atoms with Gasteiger partial charge in [0.2, 0.25) is 0 Å². The fourth-order valence-corrected chi connectivity index (χ4v) is 1.87. The first-order chi connectivity index (χ1) is 5.58. The molecule has 0 saturated heterocycles. The molecule has 1 atom stereocenters. The van der Waals surface area contributed by atoms with Crippen LogP contribution >= 0.6 is 0 Å². The summed E-state index contributed by atoms with van der Waals surface area (Å²) in [5, 5.41) is 11.6. The van der Waals surface area contributed by atoms with Gasteiger partial charge in [-0.1, -0.05) is 12.1 Å². The minimum absolute atomic E-state index is 0.254. The standard InChI is InChI=1S/C9H15NO2/c1-7(10-12)6-9(2)5-3-4-8(9)11/h12H,3-6H2,1-2H3/b10-7+/t9-/m1/s1. The molecule has 0 aromatic heterocycles. The SMILES string of the molecule is C/C(C[C@@]1(C)CCCC1=O)=N\O. The van der Waals surface area contributed by atoms with Gasteiger partial charge >= 0.3 is 0 Å². The molecule has 68 valence electrons. The predicted molar refractivity (Wildman–Crippen MR) is 46.5 cm³/mol. The van der Waals surface area contributed by atoms with Crippen molar-refractivity contribution >= 4 is 11.5 Å². The van der Waals surface area contributed by atoms with Gasteiger partial charge in [0, 0.05) is 18.3 Å². The maximum atomic E-state index is 11.4. The molecule has 1 aliphatic carbocycles. The molecule has 1 rings (SSSR count). The van der Waals surface area contributed by atoms with E-state index in [0.29, 0.717) is 24.3 Å². The summed E-state index contributed by atoms with van der Waals surface area (Å²) in [5.74, 6) is 0.311. The average Bonchev–Trinajstić information content (AvgIpc) is 2.32. The molecule has 1 saturated carbocycles. The molecule has 1 aliphatic rings. The number of oxime groups is 1. The Labute approximate surface area is 72.5 Å². The number of carbonyl (C=O) groups is 1. The predicted octanol–water partition coefficient (Wildman–Crippen LogP) is 1.99. The van der Waals surface area contributed by atoms with Crippen LogP contribution in [0, 0.1) is 5.41 Å². The number of carbonyl (C=O) groups excluding carboxylic acids is 1. The van der Waals surface area contributed by atoms with Crippen LogP contribution in [0.25, 0.3) is 0 Å². The third kappa shape index (κ3) is 1.65. The van der Waals surface area contributed by atoms with Crippen LogP contribution in [0.15, 0.2) is 5.16 Å². The maximum absolute atomic E-state index is 11.4. The molecule has 0 spiro atoms. The Morgan fingerprint density at radius 2 is 2.42 bits per heavy atom. The zero-order chi connectivity index (χ0) is 9.19. The van der Waals surface area contributed by atoms with Crippen molar-refractivity contribution in [1.82, 2.24) is 0 Å². The Bertz CT molecular complexity index is 223. The van der Waals surface area contributed by atoms with Crippen molar-refractivity contribution in [1.29, 1.82) is 0 Å². The fourth-order valence-electron chi connectivity index (χ4n) is 1.87. The van der Waals surface area contributed by atoms with Crippen molar-refractivity contribution in [3.8, 4) is 0 Å². The normalized spacial score (nSPS) is 31.2. The zero-order valence-corrected chi connectivity index (χ0v) is 7.63. The van der Waals surface area contributed by atoms with Crippen molar-refractivity contribution < 1.29 is 10.0 Å². The molecular formula is C9H15NO2. The Hall–Kier alpha value is -0.860. The smallest absolute Gasteiger partial charge is 0.139 e. The summed E-state index contributed by atoms with van der Waals surface area (Å²) in [6.07, 6.45) is 3.20. The van der Waals surface area contributed by atoms with Crippen LogP contribution in [0.5, 0.6) is 0 Å². The minimum Gasteiger partial charge on any atom is -0.411 e. The first kappa shape index (κ1) is 9.23. The summed E-state index contributed by atoms with van der Waals surface area (Å²) in [4.78, 5) is 11.4. The highest BCUT2D eigenvalue weighted by molar-refractivity contribution is 5.93. The molecule has 0 amide bonds. The Morgan fingerprint density at radius 3 is 2.83 bits per heavy atom. The topological polar surface area (TPSA) is 49.7 Å². The first-order valence-electron chi connectivity index (χ1n) is 4.29. The van der Waals surface area contributed by atoms with Gasteiger partial charge in [-0.3, -0.25) is 4.79 Å². The minimum atomic E-state index is -0.254. The van der Waals surface area contributed by atoms with Gasteiger partial charge in [-0.15, -0.1) is 0 Å². The van der Waals surface area contributed by atoms with E-state index in [2.05, 4.69) is 5.16 Å². The molecule has 12 heavy (non-hydrogen) atoms. The van der Waals surface area contributed by atoms with Gasteiger partial charge in [-0.05, 0) is 19.8 Å². The second kappa shape index (κ2) is 3.25. The van der Waals surface area contributed by atoms with E-state index in [1.807, 2.05) is 6.92 Å². The molecule has 0 radical (unpaired) electrons. The van der Waals surface area contributed by atoms with Crippen LogP contribution in [0.3, 0.4) is 0 Å². The van der Waals surface area contributed by atoms with Crippen molar-refractivity contribution in [3.05, 3.63) is 0 Å². The van der Waals surface area contributed by atoms with E-state index >= 15 is 0 Å². The van der Waals surface area contributed by atoms with E-state index in [4.69, 9.17) is 5.21 Å². The molecule has 0 unspecified atom stereocenters. The van der Waals surface area contributed by atoms with E-state index in [-0.39, 0.29) is 5.41 Å². The lowest BCUT2D eigenvalue weighted by molar-refractivity contribution is -0.124. The lowest BCUT2D eigenvalue weighted by Crippen LogP contribution is -2.24. The summed E-state index contributed by atoms with van der Waals surface area (Å²) in [7, 11) is 0. The summed E-state index contributed by atoms with van der Waals surface area (Å²) in [6, 6.07) is 0. The molecule has 0 aromatic carbocycles. The molecule has 0 heterocycles. The second-order valence-electron chi connectivity index (χ2n) is 3.85. The van der Waals surface area contributed by atoms with Gasteiger partial charge in [0.25, 0.3) is 0 Å². The van der Waals surface area contributed by atoms with E-state index < -0.39 is 0 Å². The van der Waals surface area contributed by atoms with E-state index in [9.17, 15) is 4.79 Å². The number of hydrogen-bond acceptors (Lipinski definition) is 3. The third-order valence-electron chi connectivity index (χ3n) is 2.62. The van der Waals surface area contributed by atoms with Crippen molar-refractivity contribution in [2.45, 2.75) is 39.5 Å². The quantitative estimate of drug-likeness (QED) is 0.390. The van der Waals surface area contributed by atoms with Crippen molar-refractivity contribution in [3.63, 3.8) is 0 Å².